The summed E-state index contributed by atoms with van der Waals surface area (Å²) < 4.78 is 0. The van der Waals surface area contributed by atoms with Gasteiger partial charge in [0.25, 0.3) is 5.56 Å². The summed E-state index contributed by atoms with van der Waals surface area (Å²) in [6.45, 7) is 0.670. The lowest BCUT2D eigenvalue weighted by Gasteiger charge is -2.17. The molecule has 0 atom stereocenters. The molecule has 0 aliphatic carbocycles. The van der Waals surface area contributed by atoms with Crippen LogP contribution in [0.25, 0.3) is 0 Å². The molecule has 3 N–H and O–H groups in total. The number of aromatic amines is 1. The summed E-state index contributed by atoms with van der Waals surface area (Å²) in [5.74, 6) is 0.421. The average molecular weight is 261 g/mol. The topological polar surface area (TPSA) is 89.5 Å². The van der Waals surface area contributed by atoms with Crippen molar-refractivity contribution in [3.63, 3.8) is 0 Å². The molecule has 0 aliphatic heterocycles. The highest BCUT2D eigenvalue weighted by Crippen LogP contribution is 2.25. The van der Waals surface area contributed by atoms with Gasteiger partial charge in [-0.3, -0.25) is 4.79 Å². The maximum absolute atomic E-state index is 10.9. The van der Waals surface area contributed by atoms with E-state index in [4.69, 9.17) is 0 Å². The third-order valence-corrected chi connectivity index (χ3v) is 2.83. The predicted octanol–water partition coefficient (Wildman–Crippen LogP) is 0.860. The van der Waals surface area contributed by atoms with Crippen LogP contribution in [-0.4, -0.2) is 34.0 Å². The summed E-state index contributed by atoms with van der Waals surface area (Å²) >= 11 is 0. The van der Waals surface area contributed by atoms with Crippen LogP contribution in [0.4, 0.5) is 5.82 Å². The fourth-order valence-corrected chi connectivity index (χ4v) is 1.69. The Bertz CT molecular complexity index is 604. The highest BCUT2D eigenvalue weighted by Gasteiger charge is 2.05. The number of nitrogens with one attached hydrogen (secondary N) is 1. The van der Waals surface area contributed by atoms with Gasteiger partial charge < -0.3 is 15.1 Å². The molecule has 1 aromatic carbocycles. The van der Waals surface area contributed by atoms with Crippen LogP contribution in [0.1, 0.15) is 5.56 Å². The summed E-state index contributed by atoms with van der Waals surface area (Å²) in [7, 11) is 1.86. The van der Waals surface area contributed by atoms with Crippen molar-refractivity contribution in [2.75, 3.05) is 18.5 Å². The maximum Gasteiger partial charge on any atom is 0.264 e. The van der Waals surface area contributed by atoms with Gasteiger partial charge in [-0.25, -0.2) is 5.10 Å². The Morgan fingerprint density at radius 3 is 2.63 bits per heavy atom. The fourth-order valence-electron chi connectivity index (χ4n) is 1.69. The number of anilines is 1. The van der Waals surface area contributed by atoms with E-state index in [9.17, 15) is 15.0 Å². The smallest absolute Gasteiger partial charge is 0.264 e. The van der Waals surface area contributed by atoms with Crippen LogP contribution in [0.3, 0.4) is 0 Å². The molecule has 1 heterocycles. The molecule has 0 bridgehead atoms. The molecule has 19 heavy (non-hydrogen) atoms. The predicted molar refractivity (Wildman–Crippen MR) is 71.6 cm³/mol. The summed E-state index contributed by atoms with van der Waals surface area (Å²) in [4.78, 5) is 12.8. The van der Waals surface area contributed by atoms with E-state index in [1.165, 1.54) is 18.2 Å². The molecule has 0 amide bonds. The largest absolute Gasteiger partial charge is 0.504 e. The minimum absolute atomic E-state index is 0.123. The number of phenolic OH excluding ortho intramolecular Hbond substituents is 2. The van der Waals surface area contributed by atoms with Gasteiger partial charge in [-0.1, -0.05) is 6.07 Å². The normalized spacial score (nSPS) is 10.4. The van der Waals surface area contributed by atoms with Gasteiger partial charge in [-0.05, 0) is 30.2 Å². The number of nitrogens with zero attached hydrogens (tertiary/aromatic N) is 2. The van der Waals surface area contributed by atoms with Crippen LogP contribution >= 0.6 is 0 Å². The second-order valence-corrected chi connectivity index (χ2v) is 4.27. The molecule has 0 saturated carbocycles. The Morgan fingerprint density at radius 2 is 2.00 bits per heavy atom. The first-order valence-electron chi connectivity index (χ1n) is 5.84. The number of phenols is 2. The molecule has 0 fully saturated rings. The lowest BCUT2D eigenvalue weighted by Crippen LogP contribution is -2.23. The van der Waals surface area contributed by atoms with Gasteiger partial charge in [0.05, 0.1) is 0 Å². The van der Waals surface area contributed by atoms with Crippen LogP contribution in [0.2, 0.25) is 0 Å². The first-order valence-corrected chi connectivity index (χ1v) is 5.84. The minimum Gasteiger partial charge on any atom is -0.504 e. The lowest BCUT2D eigenvalue weighted by atomic mass is 10.1. The van der Waals surface area contributed by atoms with Crippen molar-refractivity contribution in [1.29, 1.82) is 0 Å². The first kappa shape index (κ1) is 12.9. The van der Waals surface area contributed by atoms with Gasteiger partial charge in [0.2, 0.25) is 0 Å². The van der Waals surface area contributed by atoms with E-state index in [2.05, 4.69) is 10.2 Å². The van der Waals surface area contributed by atoms with Crippen LogP contribution in [0.5, 0.6) is 11.5 Å². The number of likely N-dealkylation sites (N-methyl/N-ethyl adjacent to an activating group) is 1. The number of H-pyrrole nitrogens is 1. The highest BCUT2D eigenvalue weighted by atomic mass is 16.3. The van der Waals surface area contributed by atoms with Gasteiger partial charge in [0.1, 0.15) is 5.82 Å². The second-order valence-electron chi connectivity index (χ2n) is 4.27. The van der Waals surface area contributed by atoms with Crippen LogP contribution < -0.4 is 10.5 Å². The number of hydrogen-bond donors (Lipinski definition) is 3. The Kier molecular flexibility index (Phi) is 3.70. The van der Waals surface area contributed by atoms with E-state index in [0.29, 0.717) is 18.8 Å². The van der Waals surface area contributed by atoms with E-state index in [0.717, 1.165) is 5.56 Å². The van der Waals surface area contributed by atoms with Gasteiger partial charge in [-0.15, -0.1) is 0 Å². The number of rotatable bonds is 4. The number of aromatic hydroxyl groups is 2. The zero-order valence-electron chi connectivity index (χ0n) is 10.5. The third-order valence-electron chi connectivity index (χ3n) is 2.83. The van der Waals surface area contributed by atoms with E-state index in [-0.39, 0.29) is 17.1 Å². The van der Waals surface area contributed by atoms with Gasteiger partial charge in [0.15, 0.2) is 11.5 Å². The number of hydrogen-bond acceptors (Lipinski definition) is 5. The monoisotopic (exact) mass is 261 g/mol. The van der Waals surface area contributed by atoms with E-state index < -0.39 is 0 Å². The molecule has 1 aromatic heterocycles. The molecule has 0 aliphatic rings. The zero-order chi connectivity index (χ0) is 13.8. The van der Waals surface area contributed by atoms with Gasteiger partial charge >= 0.3 is 0 Å². The first-order chi connectivity index (χ1) is 9.06. The van der Waals surface area contributed by atoms with Crippen LogP contribution in [0, 0.1) is 0 Å². The molecule has 6 nitrogen and oxygen atoms in total. The zero-order valence-corrected chi connectivity index (χ0v) is 10.5. The average Bonchev–Trinajstić information content (AvgIpc) is 2.40. The van der Waals surface area contributed by atoms with E-state index >= 15 is 0 Å². The van der Waals surface area contributed by atoms with Crippen molar-refractivity contribution < 1.29 is 10.2 Å². The molecular weight excluding hydrogens is 246 g/mol. The maximum atomic E-state index is 10.9. The Morgan fingerprint density at radius 1 is 1.21 bits per heavy atom. The lowest BCUT2D eigenvalue weighted by molar-refractivity contribution is 0.403. The van der Waals surface area contributed by atoms with Crippen molar-refractivity contribution in [3.8, 4) is 11.5 Å². The molecule has 6 heteroatoms. The minimum atomic E-state index is -0.236. The Labute approximate surface area is 110 Å². The fraction of sp³-hybridized carbons (Fsp3) is 0.231. The van der Waals surface area contributed by atoms with Crippen molar-refractivity contribution in [2.45, 2.75) is 6.42 Å². The number of benzene rings is 1. The molecule has 0 radical (unpaired) electrons. The quantitative estimate of drug-likeness (QED) is 0.710. The third kappa shape index (κ3) is 3.25. The van der Waals surface area contributed by atoms with Gasteiger partial charge in [0, 0.05) is 19.7 Å². The van der Waals surface area contributed by atoms with Crippen LogP contribution in [-0.2, 0) is 6.42 Å². The van der Waals surface area contributed by atoms with Crippen molar-refractivity contribution in [1.82, 2.24) is 10.2 Å². The van der Waals surface area contributed by atoms with E-state index in [1.807, 2.05) is 11.9 Å². The molecule has 0 unspecified atom stereocenters. The van der Waals surface area contributed by atoms with Gasteiger partial charge in [-0.2, -0.15) is 5.10 Å². The van der Waals surface area contributed by atoms with E-state index in [1.54, 1.807) is 12.1 Å². The Balaban J connectivity index is 1.99. The molecule has 2 rings (SSSR count). The highest BCUT2D eigenvalue weighted by molar-refractivity contribution is 5.41. The summed E-state index contributed by atoms with van der Waals surface area (Å²) in [6, 6.07) is 7.81. The number of aromatic nitrogens is 2. The molecule has 0 spiro atoms. The van der Waals surface area contributed by atoms with Crippen molar-refractivity contribution >= 4 is 5.82 Å². The molecular formula is C13H15N3O3. The van der Waals surface area contributed by atoms with Crippen LogP contribution in [0.15, 0.2) is 35.1 Å². The summed E-state index contributed by atoms with van der Waals surface area (Å²) in [5, 5.41) is 24.9. The van der Waals surface area contributed by atoms with Crippen molar-refractivity contribution in [2.24, 2.45) is 0 Å². The van der Waals surface area contributed by atoms with Crippen molar-refractivity contribution in [3.05, 3.63) is 46.2 Å². The SMILES string of the molecule is CN(CCc1ccc(O)c(O)c1)c1ccc(=O)[nH]n1. The Hall–Kier alpha value is -2.50. The molecule has 0 saturated heterocycles. The molecule has 100 valence electrons. The second kappa shape index (κ2) is 5.43. The molecule has 2 aromatic rings. The summed E-state index contributed by atoms with van der Waals surface area (Å²) in [6.07, 6.45) is 0.686. The summed E-state index contributed by atoms with van der Waals surface area (Å²) in [5.41, 5.74) is 0.673. The standard InChI is InChI=1S/C13H15N3O3/c1-16(12-4-5-13(19)15-14-12)7-6-9-2-3-10(17)11(18)8-9/h2-5,8,17-18H,6-7H2,1H3,(H,15,19).